The summed E-state index contributed by atoms with van der Waals surface area (Å²) in [5, 5.41) is 9.97. The molecule has 0 aliphatic heterocycles. The Morgan fingerprint density at radius 2 is 2.05 bits per heavy atom. The minimum Gasteiger partial charge on any atom is -0.511 e. The smallest absolute Gasteiger partial charge is 0.343 e. The van der Waals surface area contributed by atoms with Crippen molar-refractivity contribution in [3.63, 3.8) is 0 Å². The highest BCUT2D eigenvalue weighted by Gasteiger charge is 2.14. The van der Waals surface area contributed by atoms with Gasteiger partial charge in [0.15, 0.2) is 0 Å². The van der Waals surface area contributed by atoms with Gasteiger partial charge in [0.2, 0.25) is 0 Å². The molecule has 5 heteroatoms. The molecule has 1 N–H and O–H groups in total. The second kappa shape index (κ2) is 8.79. The molecular formula is C16H21NO4. The molecule has 1 aromatic rings. The van der Waals surface area contributed by atoms with Gasteiger partial charge in [0.05, 0.1) is 13.7 Å². The van der Waals surface area contributed by atoms with Gasteiger partial charge in [-0.1, -0.05) is 19.1 Å². The van der Waals surface area contributed by atoms with Crippen molar-refractivity contribution in [1.82, 2.24) is 0 Å². The first-order valence-electron chi connectivity index (χ1n) is 6.90. The number of allylic oxidation sites excluding steroid dienone is 1. The fourth-order valence-electron chi connectivity index (χ4n) is 1.70. The van der Waals surface area contributed by atoms with Crippen LogP contribution >= 0.6 is 0 Å². The minimum absolute atomic E-state index is 0.0189. The van der Waals surface area contributed by atoms with Crippen LogP contribution in [0.15, 0.2) is 40.6 Å². The van der Waals surface area contributed by atoms with Crippen LogP contribution < -0.4 is 4.74 Å². The largest absolute Gasteiger partial charge is 0.511 e. The quantitative estimate of drug-likeness (QED) is 0.361. The van der Waals surface area contributed by atoms with Gasteiger partial charge < -0.3 is 14.6 Å². The van der Waals surface area contributed by atoms with Crippen LogP contribution in [0.2, 0.25) is 0 Å². The summed E-state index contributed by atoms with van der Waals surface area (Å²) >= 11 is 0. The van der Waals surface area contributed by atoms with E-state index in [0.29, 0.717) is 17.9 Å². The molecule has 1 rings (SSSR count). The maximum Gasteiger partial charge on any atom is 0.343 e. The first kappa shape index (κ1) is 16.8. The maximum atomic E-state index is 11.9. The summed E-state index contributed by atoms with van der Waals surface area (Å²) in [6.45, 7) is 3.87. The Kier molecular flexibility index (Phi) is 7.01. The molecule has 114 valence electrons. The van der Waals surface area contributed by atoms with Gasteiger partial charge in [-0.15, -0.1) is 0 Å². The molecule has 0 amide bonds. The standard InChI is InChI=1S/C16H21NO4/c1-4-8-14(18)12(16(19)21-5-2)11-17-13-9-6-7-10-15(13)20-3/h6-7,9-11,18H,4-5,8H2,1-3H3/b14-12+,17-11?. The molecule has 0 aromatic heterocycles. The number of para-hydroxylation sites is 2. The highest BCUT2D eigenvalue weighted by Crippen LogP contribution is 2.26. The number of hydrogen-bond acceptors (Lipinski definition) is 5. The number of nitrogens with zero attached hydrogens (tertiary/aromatic N) is 1. The molecule has 0 aliphatic carbocycles. The fourth-order valence-corrected chi connectivity index (χ4v) is 1.70. The molecule has 0 radical (unpaired) electrons. The van der Waals surface area contributed by atoms with E-state index in [1.807, 2.05) is 19.1 Å². The van der Waals surface area contributed by atoms with Gasteiger partial charge >= 0.3 is 5.97 Å². The van der Waals surface area contributed by atoms with Crippen LogP contribution in [-0.4, -0.2) is 31.0 Å². The number of carbonyl (C=O) groups excluding carboxylic acids is 1. The predicted octanol–water partition coefficient (Wildman–Crippen LogP) is 3.57. The van der Waals surface area contributed by atoms with Gasteiger partial charge in [0, 0.05) is 12.6 Å². The number of hydrogen-bond donors (Lipinski definition) is 1. The van der Waals surface area contributed by atoms with Crippen molar-refractivity contribution in [2.24, 2.45) is 4.99 Å². The molecule has 0 saturated heterocycles. The number of aliphatic imine (C=N–C) groups is 1. The molecule has 0 heterocycles. The minimum atomic E-state index is -0.581. The van der Waals surface area contributed by atoms with E-state index >= 15 is 0 Å². The number of aliphatic hydroxyl groups excluding tert-OH is 1. The lowest BCUT2D eigenvalue weighted by Crippen LogP contribution is -2.11. The number of esters is 1. The number of ether oxygens (including phenoxy) is 2. The van der Waals surface area contributed by atoms with Crippen molar-refractivity contribution in [2.75, 3.05) is 13.7 Å². The Hall–Kier alpha value is -2.30. The van der Waals surface area contributed by atoms with Crippen molar-refractivity contribution in [3.8, 4) is 5.75 Å². The summed E-state index contributed by atoms with van der Waals surface area (Å²) in [5.74, 6) is -0.0105. The normalized spacial score (nSPS) is 12.1. The van der Waals surface area contributed by atoms with Gasteiger partial charge in [-0.2, -0.15) is 0 Å². The van der Waals surface area contributed by atoms with Gasteiger partial charge in [-0.05, 0) is 25.5 Å². The molecular weight excluding hydrogens is 270 g/mol. The molecule has 0 unspecified atom stereocenters. The van der Waals surface area contributed by atoms with Crippen molar-refractivity contribution < 1.29 is 19.4 Å². The lowest BCUT2D eigenvalue weighted by Gasteiger charge is -2.06. The van der Waals surface area contributed by atoms with E-state index in [-0.39, 0.29) is 17.9 Å². The third-order valence-corrected chi connectivity index (χ3v) is 2.71. The Bertz CT molecular complexity index is 535. The average Bonchev–Trinajstić information content (AvgIpc) is 2.48. The molecule has 5 nitrogen and oxygen atoms in total. The molecule has 0 fully saturated rings. The number of methoxy groups -OCH3 is 1. The van der Waals surface area contributed by atoms with Crippen LogP contribution in [0.3, 0.4) is 0 Å². The first-order valence-corrected chi connectivity index (χ1v) is 6.90. The summed E-state index contributed by atoms with van der Waals surface area (Å²) in [6, 6.07) is 7.17. The summed E-state index contributed by atoms with van der Waals surface area (Å²) in [5.41, 5.74) is 0.649. The lowest BCUT2D eigenvalue weighted by atomic mass is 10.1. The van der Waals surface area contributed by atoms with Crippen LogP contribution in [0, 0.1) is 0 Å². The summed E-state index contributed by atoms with van der Waals surface area (Å²) < 4.78 is 10.1. The molecule has 0 atom stereocenters. The third-order valence-electron chi connectivity index (χ3n) is 2.71. The van der Waals surface area contributed by atoms with E-state index in [0.717, 1.165) is 6.42 Å². The zero-order chi connectivity index (χ0) is 15.7. The highest BCUT2D eigenvalue weighted by atomic mass is 16.5. The zero-order valence-corrected chi connectivity index (χ0v) is 12.6. The van der Waals surface area contributed by atoms with Crippen LogP contribution in [0.4, 0.5) is 5.69 Å². The number of rotatable bonds is 7. The highest BCUT2D eigenvalue weighted by molar-refractivity contribution is 6.10. The summed E-state index contributed by atoms with van der Waals surface area (Å²) in [4.78, 5) is 16.1. The van der Waals surface area contributed by atoms with Gasteiger partial charge in [-0.3, -0.25) is 4.99 Å². The zero-order valence-electron chi connectivity index (χ0n) is 12.6. The number of carbonyl (C=O) groups is 1. The van der Waals surface area contributed by atoms with E-state index in [1.165, 1.54) is 6.21 Å². The van der Waals surface area contributed by atoms with Gasteiger partial charge in [0.25, 0.3) is 0 Å². The van der Waals surface area contributed by atoms with Crippen LogP contribution in [-0.2, 0) is 9.53 Å². The topological polar surface area (TPSA) is 68.1 Å². The molecule has 21 heavy (non-hydrogen) atoms. The van der Waals surface area contributed by atoms with Crippen LogP contribution in [0.1, 0.15) is 26.7 Å². The number of benzene rings is 1. The average molecular weight is 291 g/mol. The monoisotopic (exact) mass is 291 g/mol. The van der Waals surface area contributed by atoms with Crippen molar-refractivity contribution in [3.05, 3.63) is 35.6 Å². The Balaban J connectivity index is 3.08. The summed E-state index contributed by atoms with van der Waals surface area (Å²) in [7, 11) is 1.55. The Morgan fingerprint density at radius 1 is 1.33 bits per heavy atom. The van der Waals surface area contributed by atoms with E-state index < -0.39 is 5.97 Å². The van der Waals surface area contributed by atoms with E-state index in [4.69, 9.17) is 9.47 Å². The fraction of sp³-hybridized carbons (Fsp3) is 0.375. The van der Waals surface area contributed by atoms with Gasteiger partial charge in [-0.25, -0.2) is 4.79 Å². The van der Waals surface area contributed by atoms with E-state index in [1.54, 1.807) is 26.2 Å². The summed E-state index contributed by atoms with van der Waals surface area (Å²) in [6.07, 6.45) is 2.43. The van der Waals surface area contributed by atoms with Gasteiger partial charge in [0.1, 0.15) is 22.8 Å². The molecule has 0 spiro atoms. The molecule has 0 bridgehead atoms. The van der Waals surface area contributed by atoms with Crippen molar-refractivity contribution in [1.29, 1.82) is 0 Å². The van der Waals surface area contributed by atoms with Crippen LogP contribution in [0.25, 0.3) is 0 Å². The Labute approximate surface area is 124 Å². The van der Waals surface area contributed by atoms with E-state index in [9.17, 15) is 9.90 Å². The van der Waals surface area contributed by atoms with Crippen molar-refractivity contribution >= 4 is 17.9 Å². The maximum absolute atomic E-state index is 11.9. The number of aliphatic hydroxyl groups is 1. The first-order chi connectivity index (χ1) is 10.1. The molecule has 0 saturated carbocycles. The SMILES string of the molecule is CCC/C(O)=C(/C=Nc1ccccc1OC)C(=O)OCC. The molecule has 1 aromatic carbocycles. The lowest BCUT2D eigenvalue weighted by molar-refractivity contribution is -0.138. The van der Waals surface area contributed by atoms with E-state index in [2.05, 4.69) is 4.99 Å². The van der Waals surface area contributed by atoms with Crippen molar-refractivity contribution in [2.45, 2.75) is 26.7 Å². The van der Waals surface area contributed by atoms with Crippen LogP contribution in [0.5, 0.6) is 5.75 Å². The molecule has 0 aliphatic rings. The second-order valence-corrected chi connectivity index (χ2v) is 4.26. The second-order valence-electron chi connectivity index (χ2n) is 4.26. The Morgan fingerprint density at radius 3 is 2.67 bits per heavy atom. The predicted molar refractivity (Wildman–Crippen MR) is 82.3 cm³/mol. The third kappa shape index (κ3) is 4.95.